The first-order valence-corrected chi connectivity index (χ1v) is 7.00. The molecule has 19 heavy (non-hydrogen) atoms. The third-order valence-corrected chi connectivity index (χ3v) is 3.27. The Labute approximate surface area is 118 Å². The Morgan fingerprint density at radius 1 is 1.26 bits per heavy atom. The molecule has 0 bridgehead atoms. The van der Waals surface area contributed by atoms with Crippen LogP contribution in [-0.2, 0) is 6.54 Å². The van der Waals surface area contributed by atoms with Crippen LogP contribution in [0.15, 0.2) is 12.1 Å². The van der Waals surface area contributed by atoms with Crippen molar-refractivity contribution >= 4 is 0 Å². The standard InChI is InChI=1S/C16H28N2O/c1-12(2)17-7-8-18(5)11-15-14(4)9-13(3)10-16(15)19-6/h9-10,12,17H,7-8,11H2,1-6H3. The van der Waals surface area contributed by atoms with Crippen LogP contribution in [0.1, 0.15) is 30.5 Å². The van der Waals surface area contributed by atoms with Crippen molar-refractivity contribution in [2.45, 2.75) is 40.3 Å². The van der Waals surface area contributed by atoms with Gasteiger partial charge in [-0.15, -0.1) is 0 Å². The molecule has 3 nitrogen and oxygen atoms in total. The summed E-state index contributed by atoms with van der Waals surface area (Å²) < 4.78 is 5.51. The van der Waals surface area contributed by atoms with E-state index in [2.05, 4.69) is 57.1 Å². The molecule has 0 saturated carbocycles. The summed E-state index contributed by atoms with van der Waals surface area (Å²) in [7, 11) is 3.90. The second-order valence-electron chi connectivity index (χ2n) is 5.61. The van der Waals surface area contributed by atoms with Crippen molar-refractivity contribution < 1.29 is 4.74 Å². The minimum absolute atomic E-state index is 0.545. The highest BCUT2D eigenvalue weighted by Crippen LogP contribution is 2.25. The molecule has 1 aromatic carbocycles. The number of nitrogens with zero attached hydrogens (tertiary/aromatic N) is 1. The average Bonchev–Trinajstić information content (AvgIpc) is 2.31. The molecule has 0 aliphatic rings. The zero-order valence-corrected chi connectivity index (χ0v) is 13.2. The van der Waals surface area contributed by atoms with E-state index in [1.54, 1.807) is 7.11 Å². The Balaban J connectivity index is 2.65. The van der Waals surface area contributed by atoms with Gasteiger partial charge in [-0.3, -0.25) is 0 Å². The van der Waals surface area contributed by atoms with Crippen LogP contribution < -0.4 is 10.1 Å². The number of hydrogen-bond acceptors (Lipinski definition) is 3. The first-order chi connectivity index (χ1) is 8.93. The van der Waals surface area contributed by atoms with Gasteiger partial charge in [-0.25, -0.2) is 0 Å². The lowest BCUT2D eigenvalue weighted by Gasteiger charge is -2.21. The van der Waals surface area contributed by atoms with E-state index in [9.17, 15) is 0 Å². The fraction of sp³-hybridized carbons (Fsp3) is 0.625. The number of likely N-dealkylation sites (N-methyl/N-ethyl adjacent to an activating group) is 1. The molecule has 0 amide bonds. The molecular weight excluding hydrogens is 236 g/mol. The molecular formula is C16H28N2O. The van der Waals surface area contributed by atoms with E-state index in [1.165, 1.54) is 16.7 Å². The predicted molar refractivity (Wildman–Crippen MR) is 81.9 cm³/mol. The summed E-state index contributed by atoms with van der Waals surface area (Å²) in [4.78, 5) is 2.33. The maximum atomic E-state index is 5.51. The summed E-state index contributed by atoms with van der Waals surface area (Å²) in [5.74, 6) is 1.00. The highest BCUT2D eigenvalue weighted by Gasteiger charge is 2.10. The van der Waals surface area contributed by atoms with Gasteiger partial charge in [0, 0.05) is 31.2 Å². The zero-order chi connectivity index (χ0) is 14.4. The molecule has 1 N–H and O–H groups in total. The molecule has 0 radical (unpaired) electrons. The van der Waals surface area contributed by atoms with Crippen LogP contribution in [0.3, 0.4) is 0 Å². The van der Waals surface area contributed by atoms with Crippen LogP contribution in [0.4, 0.5) is 0 Å². The first kappa shape index (κ1) is 16.0. The molecule has 0 aliphatic carbocycles. The largest absolute Gasteiger partial charge is 0.496 e. The van der Waals surface area contributed by atoms with Gasteiger partial charge >= 0.3 is 0 Å². The van der Waals surface area contributed by atoms with Gasteiger partial charge in [-0.2, -0.15) is 0 Å². The molecule has 0 heterocycles. The van der Waals surface area contributed by atoms with E-state index in [4.69, 9.17) is 4.74 Å². The Morgan fingerprint density at radius 3 is 2.53 bits per heavy atom. The second kappa shape index (κ2) is 7.51. The molecule has 108 valence electrons. The number of rotatable bonds is 7. The predicted octanol–water partition coefficient (Wildman–Crippen LogP) is 2.74. The van der Waals surface area contributed by atoms with E-state index in [1.807, 2.05) is 0 Å². The van der Waals surface area contributed by atoms with E-state index < -0.39 is 0 Å². The van der Waals surface area contributed by atoms with Gasteiger partial charge < -0.3 is 15.0 Å². The lowest BCUT2D eigenvalue weighted by molar-refractivity contribution is 0.311. The molecule has 0 unspecified atom stereocenters. The minimum Gasteiger partial charge on any atom is -0.496 e. The monoisotopic (exact) mass is 264 g/mol. The van der Waals surface area contributed by atoms with Crippen molar-refractivity contribution in [3.8, 4) is 5.75 Å². The zero-order valence-electron chi connectivity index (χ0n) is 13.2. The van der Waals surface area contributed by atoms with Crippen LogP contribution in [0, 0.1) is 13.8 Å². The lowest BCUT2D eigenvalue weighted by atomic mass is 10.0. The molecule has 0 fully saturated rings. The quantitative estimate of drug-likeness (QED) is 0.819. The van der Waals surface area contributed by atoms with Gasteiger partial charge in [-0.1, -0.05) is 19.9 Å². The molecule has 0 aromatic heterocycles. The minimum atomic E-state index is 0.545. The van der Waals surface area contributed by atoms with Gasteiger partial charge in [0.15, 0.2) is 0 Å². The lowest BCUT2D eigenvalue weighted by Crippen LogP contribution is -2.32. The van der Waals surface area contributed by atoms with Crippen molar-refractivity contribution in [1.82, 2.24) is 10.2 Å². The number of benzene rings is 1. The van der Waals surface area contributed by atoms with Crippen LogP contribution in [0.5, 0.6) is 5.75 Å². The third-order valence-electron chi connectivity index (χ3n) is 3.27. The Kier molecular flexibility index (Phi) is 6.32. The van der Waals surface area contributed by atoms with Crippen molar-refractivity contribution in [2.75, 3.05) is 27.2 Å². The van der Waals surface area contributed by atoms with Gasteiger partial charge in [0.25, 0.3) is 0 Å². The summed E-state index contributed by atoms with van der Waals surface area (Å²) in [5.41, 5.74) is 3.85. The summed E-state index contributed by atoms with van der Waals surface area (Å²) >= 11 is 0. The van der Waals surface area contributed by atoms with Gasteiger partial charge in [0.1, 0.15) is 5.75 Å². The molecule has 3 heteroatoms. The van der Waals surface area contributed by atoms with E-state index in [0.29, 0.717) is 6.04 Å². The maximum absolute atomic E-state index is 5.51. The number of nitrogens with one attached hydrogen (secondary N) is 1. The van der Waals surface area contributed by atoms with Crippen molar-refractivity contribution in [2.24, 2.45) is 0 Å². The van der Waals surface area contributed by atoms with Crippen LogP contribution in [-0.4, -0.2) is 38.2 Å². The highest BCUT2D eigenvalue weighted by atomic mass is 16.5. The fourth-order valence-corrected chi connectivity index (χ4v) is 2.24. The van der Waals surface area contributed by atoms with Crippen LogP contribution in [0.25, 0.3) is 0 Å². The average molecular weight is 264 g/mol. The Hall–Kier alpha value is -1.06. The van der Waals surface area contributed by atoms with Crippen LogP contribution >= 0.6 is 0 Å². The maximum Gasteiger partial charge on any atom is 0.123 e. The molecule has 0 atom stereocenters. The topological polar surface area (TPSA) is 24.5 Å². The molecule has 0 spiro atoms. The number of aryl methyl sites for hydroxylation is 2. The van der Waals surface area contributed by atoms with Crippen molar-refractivity contribution in [1.29, 1.82) is 0 Å². The Morgan fingerprint density at radius 2 is 1.95 bits per heavy atom. The van der Waals surface area contributed by atoms with Crippen LogP contribution in [0.2, 0.25) is 0 Å². The first-order valence-electron chi connectivity index (χ1n) is 7.00. The van der Waals surface area contributed by atoms with E-state index >= 15 is 0 Å². The summed E-state index contributed by atoms with van der Waals surface area (Å²) in [6.07, 6.45) is 0. The number of methoxy groups -OCH3 is 1. The summed E-state index contributed by atoms with van der Waals surface area (Å²) in [6.45, 7) is 11.6. The highest BCUT2D eigenvalue weighted by molar-refractivity contribution is 5.42. The van der Waals surface area contributed by atoms with Crippen molar-refractivity contribution in [3.05, 3.63) is 28.8 Å². The second-order valence-corrected chi connectivity index (χ2v) is 5.61. The molecule has 0 aliphatic heterocycles. The van der Waals surface area contributed by atoms with Gasteiger partial charge in [0.2, 0.25) is 0 Å². The molecule has 0 saturated heterocycles. The SMILES string of the molecule is COc1cc(C)cc(C)c1CN(C)CCNC(C)C. The van der Waals surface area contributed by atoms with E-state index in [0.717, 1.165) is 25.4 Å². The number of hydrogen-bond donors (Lipinski definition) is 1. The normalized spacial score (nSPS) is 11.4. The summed E-state index contributed by atoms with van der Waals surface area (Å²) in [6, 6.07) is 4.88. The van der Waals surface area contributed by atoms with Crippen molar-refractivity contribution in [3.63, 3.8) is 0 Å². The van der Waals surface area contributed by atoms with Gasteiger partial charge in [0.05, 0.1) is 7.11 Å². The Bertz CT molecular complexity index is 402. The third kappa shape index (κ3) is 5.21. The van der Waals surface area contributed by atoms with Gasteiger partial charge in [-0.05, 0) is 38.1 Å². The summed E-state index contributed by atoms with van der Waals surface area (Å²) in [5, 5.41) is 3.44. The fourth-order valence-electron chi connectivity index (χ4n) is 2.24. The molecule has 1 aromatic rings. The number of ether oxygens (including phenoxy) is 1. The molecule has 1 rings (SSSR count). The smallest absolute Gasteiger partial charge is 0.123 e. The van der Waals surface area contributed by atoms with E-state index in [-0.39, 0.29) is 0 Å².